The summed E-state index contributed by atoms with van der Waals surface area (Å²) in [5.74, 6) is 0.162. The first-order valence-electron chi connectivity index (χ1n) is 5.22. The maximum atomic E-state index is 12.0. The summed E-state index contributed by atoms with van der Waals surface area (Å²) < 4.78 is 0.635. The zero-order valence-electron chi connectivity index (χ0n) is 9.64. The Morgan fingerprint density at radius 3 is 2.89 bits per heavy atom. The van der Waals surface area contributed by atoms with Crippen LogP contribution in [-0.4, -0.2) is 15.9 Å². The van der Waals surface area contributed by atoms with Crippen LogP contribution in [-0.2, 0) is 0 Å². The Labute approximate surface area is 113 Å². The third kappa shape index (κ3) is 2.65. The van der Waals surface area contributed by atoms with Gasteiger partial charge in [-0.15, -0.1) is 0 Å². The van der Waals surface area contributed by atoms with Gasteiger partial charge in [0.2, 0.25) is 0 Å². The maximum absolute atomic E-state index is 12.0. The minimum absolute atomic E-state index is 0.315. The highest BCUT2D eigenvalue weighted by Gasteiger charge is 2.12. The van der Waals surface area contributed by atoms with E-state index in [-0.39, 0.29) is 5.91 Å². The molecule has 0 radical (unpaired) electrons. The molecule has 0 fully saturated rings. The number of aromatic nitrogens is 2. The first-order chi connectivity index (χ1) is 8.58. The van der Waals surface area contributed by atoms with Crippen LogP contribution in [0.25, 0.3) is 0 Å². The Hall–Kier alpha value is -1.95. The minimum atomic E-state index is -0.317. The lowest BCUT2D eigenvalue weighted by molar-refractivity contribution is 0.102. The normalized spacial score (nSPS) is 10.1. The number of nitrogen functional groups attached to an aromatic ring is 1. The number of nitrogens with one attached hydrogen (secondary N) is 1. The number of amides is 1. The van der Waals surface area contributed by atoms with Crippen molar-refractivity contribution in [2.75, 3.05) is 11.1 Å². The molecule has 5 nitrogen and oxygen atoms in total. The lowest BCUT2D eigenvalue weighted by atomic mass is 10.2. The first kappa shape index (κ1) is 12.5. The quantitative estimate of drug-likeness (QED) is 0.892. The molecule has 0 aliphatic carbocycles. The highest BCUT2D eigenvalue weighted by atomic mass is 79.9. The molecule has 2 rings (SSSR count). The van der Waals surface area contributed by atoms with Gasteiger partial charge in [-0.05, 0) is 46.6 Å². The van der Waals surface area contributed by atoms with E-state index in [1.807, 2.05) is 6.92 Å². The summed E-state index contributed by atoms with van der Waals surface area (Å²) in [6.45, 7) is 1.83. The second-order valence-corrected chi connectivity index (χ2v) is 4.58. The minimum Gasteiger partial charge on any atom is -0.397 e. The van der Waals surface area contributed by atoms with E-state index in [9.17, 15) is 4.79 Å². The number of carbonyl (C=O) groups excluding carboxylic acids is 1. The smallest absolute Gasteiger partial charge is 0.276 e. The van der Waals surface area contributed by atoms with E-state index in [0.717, 1.165) is 5.56 Å². The summed E-state index contributed by atoms with van der Waals surface area (Å²) >= 11 is 3.28. The molecule has 0 spiro atoms. The van der Waals surface area contributed by atoms with Crippen LogP contribution >= 0.6 is 15.9 Å². The molecule has 0 aromatic carbocycles. The van der Waals surface area contributed by atoms with Crippen LogP contribution in [0.1, 0.15) is 16.1 Å². The van der Waals surface area contributed by atoms with Crippen molar-refractivity contribution < 1.29 is 4.79 Å². The molecule has 92 valence electrons. The van der Waals surface area contributed by atoms with Crippen LogP contribution in [0.5, 0.6) is 0 Å². The number of nitrogens with two attached hydrogens (primary N) is 1. The molecule has 3 N–H and O–H groups in total. The zero-order chi connectivity index (χ0) is 13.1. The molecule has 0 saturated carbocycles. The fraction of sp³-hybridized carbons (Fsp3) is 0.0833. The van der Waals surface area contributed by atoms with E-state index < -0.39 is 0 Å². The lowest BCUT2D eigenvalue weighted by Crippen LogP contribution is -2.16. The summed E-state index contributed by atoms with van der Waals surface area (Å²) in [5, 5.41) is 2.70. The topological polar surface area (TPSA) is 80.9 Å². The second-order valence-electron chi connectivity index (χ2n) is 3.72. The van der Waals surface area contributed by atoms with Gasteiger partial charge in [-0.25, -0.2) is 9.97 Å². The van der Waals surface area contributed by atoms with Crippen LogP contribution in [0, 0.1) is 6.92 Å². The van der Waals surface area contributed by atoms with Gasteiger partial charge in [-0.3, -0.25) is 4.79 Å². The summed E-state index contributed by atoms with van der Waals surface area (Å²) in [6, 6.07) is 5.24. The van der Waals surface area contributed by atoms with Gasteiger partial charge in [0, 0.05) is 10.7 Å². The number of hydrogen-bond donors (Lipinski definition) is 2. The van der Waals surface area contributed by atoms with Crippen molar-refractivity contribution >= 4 is 33.3 Å². The Bertz CT molecular complexity index is 600. The monoisotopic (exact) mass is 306 g/mol. The van der Waals surface area contributed by atoms with Crippen LogP contribution in [0.3, 0.4) is 0 Å². The molecular weight excluding hydrogens is 296 g/mol. The molecule has 0 unspecified atom stereocenters. The molecule has 0 saturated heterocycles. The van der Waals surface area contributed by atoms with Crippen LogP contribution < -0.4 is 11.1 Å². The summed E-state index contributed by atoms with van der Waals surface area (Å²) in [7, 11) is 0. The second kappa shape index (κ2) is 5.14. The van der Waals surface area contributed by atoms with Crippen molar-refractivity contribution in [3.05, 3.63) is 46.3 Å². The van der Waals surface area contributed by atoms with E-state index in [0.29, 0.717) is 21.7 Å². The van der Waals surface area contributed by atoms with E-state index in [1.54, 1.807) is 24.4 Å². The zero-order valence-corrected chi connectivity index (χ0v) is 11.2. The van der Waals surface area contributed by atoms with Gasteiger partial charge in [0.15, 0.2) is 0 Å². The average molecular weight is 307 g/mol. The Balaban J connectivity index is 2.24. The van der Waals surface area contributed by atoms with E-state index in [4.69, 9.17) is 5.73 Å². The van der Waals surface area contributed by atoms with Gasteiger partial charge in [0.05, 0.1) is 11.9 Å². The Morgan fingerprint density at radius 1 is 1.44 bits per heavy atom. The Kier molecular flexibility index (Phi) is 3.57. The molecule has 2 aromatic rings. The van der Waals surface area contributed by atoms with Gasteiger partial charge in [0.25, 0.3) is 5.91 Å². The number of halogens is 1. The first-order valence-corrected chi connectivity index (χ1v) is 6.01. The molecule has 0 aliphatic heterocycles. The lowest BCUT2D eigenvalue weighted by Gasteiger charge is -2.08. The number of carbonyl (C=O) groups is 1. The van der Waals surface area contributed by atoms with Gasteiger partial charge in [-0.1, -0.05) is 0 Å². The molecule has 0 bridgehead atoms. The van der Waals surface area contributed by atoms with Crippen molar-refractivity contribution in [1.29, 1.82) is 0 Å². The van der Waals surface area contributed by atoms with Gasteiger partial charge < -0.3 is 11.1 Å². The van der Waals surface area contributed by atoms with Crippen molar-refractivity contribution in [2.24, 2.45) is 0 Å². The van der Waals surface area contributed by atoms with E-state index >= 15 is 0 Å². The van der Waals surface area contributed by atoms with Crippen molar-refractivity contribution in [3.63, 3.8) is 0 Å². The maximum Gasteiger partial charge on any atom is 0.276 e. The fourth-order valence-corrected chi connectivity index (χ4v) is 1.88. The molecule has 2 aromatic heterocycles. The molecular formula is C12H11BrN4O. The summed E-state index contributed by atoms with van der Waals surface area (Å²) in [4.78, 5) is 20.1. The Morgan fingerprint density at radius 2 is 2.22 bits per heavy atom. The third-order valence-corrected chi connectivity index (χ3v) is 2.94. The molecule has 18 heavy (non-hydrogen) atoms. The van der Waals surface area contributed by atoms with Crippen molar-refractivity contribution in [1.82, 2.24) is 9.97 Å². The number of rotatable bonds is 2. The highest BCUT2D eigenvalue weighted by Crippen LogP contribution is 2.17. The predicted octanol–water partition coefficient (Wildman–Crippen LogP) is 2.38. The summed E-state index contributed by atoms with van der Waals surface area (Å²) in [6.07, 6.45) is 3.05. The molecule has 1 amide bonds. The SMILES string of the molecule is Cc1cc(N)cnc1NC(=O)c1ncccc1Br. The van der Waals surface area contributed by atoms with Gasteiger partial charge in [-0.2, -0.15) is 0 Å². The van der Waals surface area contributed by atoms with Crippen molar-refractivity contribution in [2.45, 2.75) is 6.92 Å². The molecule has 6 heteroatoms. The van der Waals surface area contributed by atoms with E-state index in [1.165, 1.54) is 6.20 Å². The standard InChI is InChI=1S/C12H11BrN4O/c1-7-5-8(14)6-16-11(7)17-12(18)10-9(13)3-2-4-15-10/h2-6H,14H2,1H3,(H,16,17,18). The van der Waals surface area contributed by atoms with Gasteiger partial charge >= 0.3 is 0 Å². The molecule has 0 atom stereocenters. The highest BCUT2D eigenvalue weighted by molar-refractivity contribution is 9.10. The fourth-order valence-electron chi connectivity index (χ4n) is 1.45. The summed E-state index contributed by atoms with van der Waals surface area (Å²) in [5.41, 5.74) is 7.27. The third-order valence-electron chi connectivity index (χ3n) is 2.30. The number of nitrogens with zero attached hydrogens (tertiary/aromatic N) is 2. The average Bonchev–Trinajstić information content (AvgIpc) is 2.33. The van der Waals surface area contributed by atoms with Crippen LogP contribution in [0.2, 0.25) is 0 Å². The van der Waals surface area contributed by atoms with Gasteiger partial charge in [0.1, 0.15) is 11.5 Å². The number of pyridine rings is 2. The van der Waals surface area contributed by atoms with Crippen LogP contribution in [0.4, 0.5) is 11.5 Å². The number of aryl methyl sites for hydroxylation is 1. The molecule has 2 heterocycles. The predicted molar refractivity (Wildman–Crippen MR) is 73.3 cm³/mol. The largest absolute Gasteiger partial charge is 0.397 e. The molecule has 0 aliphatic rings. The number of anilines is 2. The van der Waals surface area contributed by atoms with Crippen molar-refractivity contribution in [3.8, 4) is 0 Å². The van der Waals surface area contributed by atoms with E-state index in [2.05, 4.69) is 31.2 Å². The van der Waals surface area contributed by atoms with Crippen LogP contribution in [0.15, 0.2) is 35.1 Å². The number of hydrogen-bond acceptors (Lipinski definition) is 4.